The molecule has 6 heteroatoms. The standard InChI is InChI=1S/C14H7ClF4O/c15-13(20)9-3-6-12(14(17,18)19)11(7-9)8-1-4-10(16)5-2-8/h1-7H. The lowest BCUT2D eigenvalue weighted by atomic mass is 9.97. The second-order valence-electron chi connectivity index (χ2n) is 4.04. The van der Waals surface area contributed by atoms with Gasteiger partial charge in [0.25, 0.3) is 5.24 Å². The third-order valence-corrected chi connectivity index (χ3v) is 2.93. The quantitative estimate of drug-likeness (QED) is 0.570. The van der Waals surface area contributed by atoms with Crippen LogP contribution in [0, 0.1) is 5.82 Å². The van der Waals surface area contributed by atoms with Crippen LogP contribution in [0.4, 0.5) is 17.6 Å². The van der Waals surface area contributed by atoms with Crippen LogP contribution in [0.1, 0.15) is 15.9 Å². The summed E-state index contributed by atoms with van der Waals surface area (Å²) in [5.74, 6) is -0.563. The number of benzene rings is 2. The fourth-order valence-electron chi connectivity index (χ4n) is 1.78. The molecule has 0 aliphatic heterocycles. The number of halogens is 5. The fourth-order valence-corrected chi connectivity index (χ4v) is 1.90. The minimum atomic E-state index is -4.59. The SMILES string of the molecule is O=C(Cl)c1ccc(C(F)(F)F)c(-c2ccc(F)cc2)c1. The molecule has 2 aromatic rings. The lowest BCUT2D eigenvalue weighted by Gasteiger charge is -2.14. The van der Waals surface area contributed by atoms with Gasteiger partial charge < -0.3 is 0 Å². The summed E-state index contributed by atoms with van der Waals surface area (Å²) in [5.41, 5.74) is -1.03. The molecule has 0 spiro atoms. The van der Waals surface area contributed by atoms with E-state index in [1.54, 1.807) is 0 Å². The third kappa shape index (κ3) is 2.99. The summed E-state index contributed by atoms with van der Waals surface area (Å²) in [7, 11) is 0. The molecule has 0 aromatic heterocycles. The van der Waals surface area contributed by atoms with Crippen molar-refractivity contribution in [1.29, 1.82) is 0 Å². The van der Waals surface area contributed by atoms with Crippen molar-refractivity contribution in [1.82, 2.24) is 0 Å². The van der Waals surface area contributed by atoms with Crippen LogP contribution in [0.5, 0.6) is 0 Å². The summed E-state index contributed by atoms with van der Waals surface area (Å²) in [6.07, 6.45) is -4.59. The van der Waals surface area contributed by atoms with Gasteiger partial charge in [-0.25, -0.2) is 4.39 Å². The smallest absolute Gasteiger partial charge is 0.276 e. The van der Waals surface area contributed by atoms with Crippen LogP contribution >= 0.6 is 11.6 Å². The van der Waals surface area contributed by atoms with Gasteiger partial charge in [0.1, 0.15) is 5.82 Å². The molecule has 0 fully saturated rings. The zero-order valence-corrected chi connectivity index (χ0v) is 10.6. The number of hydrogen-bond donors (Lipinski definition) is 0. The van der Waals surface area contributed by atoms with Crippen LogP contribution in [0.3, 0.4) is 0 Å². The van der Waals surface area contributed by atoms with E-state index >= 15 is 0 Å². The number of carbonyl (C=O) groups excluding carboxylic acids is 1. The van der Waals surface area contributed by atoms with E-state index in [1.807, 2.05) is 0 Å². The highest BCUT2D eigenvalue weighted by Gasteiger charge is 2.34. The van der Waals surface area contributed by atoms with Crippen molar-refractivity contribution < 1.29 is 22.4 Å². The molecule has 0 unspecified atom stereocenters. The van der Waals surface area contributed by atoms with Gasteiger partial charge in [-0.2, -0.15) is 13.2 Å². The average molecular weight is 303 g/mol. The van der Waals surface area contributed by atoms with E-state index in [1.165, 1.54) is 12.1 Å². The van der Waals surface area contributed by atoms with Gasteiger partial charge in [-0.3, -0.25) is 4.79 Å². The Balaban J connectivity index is 2.66. The zero-order chi connectivity index (χ0) is 14.9. The normalized spacial score (nSPS) is 11.4. The third-order valence-electron chi connectivity index (χ3n) is 2.71. The molecular formula is C14H7ClF4O. The summed E-state index contributed by atoms with van der Waals surface area (Å²) in [6.45, 7) is 0. The van der Waals surface area contributed by atoms with E-state index < -0.39 is 22.8 Å². The molecule has 0 saturated carbocycles. The van der Waals surface area contributed by atoms with Gasteiger partial charge in [-0.1, -0.05) is 12.1 Å². The van der Waals surface area contributed by atoms with E-state index in [0.29, 0.717) is 0 Å². The maximum Gasteiger partial charge on any atom is 0.417 e. The average Bonchev–Trinajstić information content (AvgIpc) is 2.37. The van der Waals surface area contributed by atoms with Gasteiger partial charge in [-0.15, -0.1) is 0 Å². The van der Waals surface area contributed by atoms with Crippen molar-refractivity contribution in [3.8, 4) is 11.1 Å². The van der Waals surface area contributed by atoms with Crippen molar-refractivity contribution in [2.75, 3.05) is 0 Å². The highest BCUT2D eigenvalue weighted by molar-refractivity contribution is 6.67. The minimum Gasteiger partial charge on any atom is -0.276 e. The van der Waals surface area contributed by atoms with Gasteiger partial charge >= 0.3 is 6.18 Å². The van der Waals surface area contributed by atoms with Crippen LogP contribution in [0.15, 0.2) is 42.5 Å². The maximum absolute atomic E-state index is 13.0. The molecule has 20 heavy (non-hydrogen) atoms. The molecular weight excluding hydrogens is 296 g/mol. The Bertz CT molecular complexity index is 647. The van der Waals surface area contributed by atoms with Crippen molar-refractivity contribution >= 4 is 16.8 Å². The summed E-state index contributed by atoms with van der Waals surface area (Å²) in [4.78, 5) is 11.1. The topological polar surface area (TPSA) is 17.1 Å². The molecule has 0 aliphatic rings. The Kier molecular flexibility index (Phi) is 3.81. The largest absolute Gasteiger partial charge is 0.417 e. The molecule has 0 radical (unpaired) electrons. The van der Waals surface area contributed by atoms with Gasteiger partial charge in [0.05, 0.1) is 5.56 Å². The lowest BCUT2D eigenvalue weighted by molar-refractivity contribution is -0.137. The Hall–Kier alpha value is -1.88. The van der Waals surface area contributed by atoms with Crippen molar-refractivity contribution in [2.24, 2.45) is 0 Å². The predicted octanol–water partition coefficient (Wildman–Crippen LogP) is 4.89. The summed E-state index contributed by atoms with van der Waals surface area (Å²) < 4.78 is 51.7. The lowest BCUT2D eigenvalue weighted by Crippen LogP contribution is -2.08. The van der Waals surface area contributed by atoms with E-state index in [-0.39, 0.29) is 16.7 Å². The molecule has 0 saturated heterocycles. The summed E-state index contributed by atoms with van der Waals surface area (Å²) in [5, 5.41) is -0.859. The first-order valence-corrected chi connectivity index (χ1v) is 5.84. The number of hydrogen-bond acceptors (Lipinski definition) is 1. The van der Waals surface area contributed by atoms with Crippen molar-refractivity contribution in [3.05, 3.63) is 59.4 Å². The van der Waals surface area contributed by atoms with E-state index in [4.69, 9.17) is 11.6 Å². The molecule has 1 nitrogen and oxygen atoms in total. The first-order chi connectivity index (χ1) is 9.29. The molecule has 0 bridgehead atoms. The molecule has 0 N–H and O–H groups in total. The highest BCUT2D eigenvalue weighted by Crippen LogP contribution is 2.37. The van der Waals surface area contributed by atoms with Crippen LogP contribution in [0.25, 0.3) is 11.1 Å². The van der Waals surface area contributed by atoms with Crippen LogP contribution in [-0.4, -0.2) is 5.24 Å². The molecule has 0 heterocycles. The Morgan fingerprint density at radius 2 is 1.60 bits per heavy atom. The molecule has 2 rings (SSSR count). The van der Waals surface area contributed by atoms with E-state index in [0.717, 1.165) is 30.3 Å². The Labute approximate surface area is 116 Å². The zero-order valence-electron chi connectivity index (χ0n) is 9.84. The van der Waals surface area contributed by atoms with Crippen LogP contribution in [0.2, 0.25) is 0 Å². The van der Waals surface area contributed by atoms with E-state index in [2.05, 4.69) is 0 Å². The number of carbonyl (C=O) groups is 1. The molecule has 104 valence electrons. The predicted molar refractivity (Wildman–Crippen MR) is 67.0 cm³/mol. The maximum atomic E-state index is 13.0. The number of alkyl halides is 3. The first kappa shape index (κ1) is 14.5. The van der Waals surface area contributed by atoms with Gasteiger partial charge in [0.2, 0.25) is 0 Å². The van der Waals surface area contributed by atoms with Crippen molar-refractivity contribution in [2.45, 2.75) is 6.18 Å². The van der Waals surface area contributed by atoms with Gasteiger partial charge in [0.15, 0.2) is 0 Å². The minimum absolute atomic E-state index is 0.0565. The van der Waals surface area contributed by atoms with Gasteiger partial charge in [-0.05, 0) is 53.1 Å². The molecule has 0 atom stereocenters. The van der Waals surface area contributed by atoms with Crippen molar-refractivity contribution in [3.63, 3.8) is 0 Å². The summed E-state index contributed by atoms with van der Waals surface area (Å²) in [6, 6.07) is 7.35. The fraction of sp³-hybridized carbons (Fsp3) is 0.0714. The van der Waals surface area contributed by atoms with Crippen LogP contribution in [-0.2, 0) is 6.18 Å². The Morgan fingerprint density at radius 3 is 2.10 bits per heavy atom. The Morgan fingerprint density at radius 1 is 1.00 bits per heavy atom. The second-order valence-corrected chi connectivity index (χ2v) is 4.38. The second kappa shape index (κ2) is 5.25. The first-order valence-electron chi connectivity index (χ1n) is 5.46. The van der Waals surface area contributed by atoms with Gasteiger partial charge in [0, 0.05) is 5.56 Å². The molecule has 0 aliphatic carbocycles. The summed E-state index contributed by atoms with van der Waals surface area (Å²) >= 11 is 5.27. The van der Waals surface area contributed by atoms with E-state index in [9.17, 15) is 22.4 Å². The molecule has 2 aromatic carbocycles. The van der Waals surface area contributed by atoms with Crippen LogP contribution < -0.4 is 0 Å². The number of rotatable bonds is 2. The monoisotopic (exact) mass is 302 g/mol. The highest BCUT2D eigenvalue weighted by atomic mass is 35.5. The molecule has 0 amide bonds.